The molecule has 3 rings (SSSR count). The summed E-state index contributed by atoms with van der Waals surface area (Å²) in [6, 6.07) is 14.7. The Balaban J connectivity index is 1.51. The van der Waals surface area contributed by atoms with Gasteiger partial charge in [-0.2, -0.15) is 0 Å². The fourth-order valence-electron chi connectivity index (χ4n) is 3.74. The first-order valence-electron chi connectivity index (χ1n) is 10.2. The Hall–Kier alpha value is -3.06. The van der Waals surface area contributed by atoms with Gasteiger partial charge in [-0.05, 0) is 37.3 Å². The smallest absolute Gasteiger partial charge is 0.275 e. The van der Waals surface area contributed by atoms with Gasteiger partial charge < -0.3 is 24.6 Å². The van der Waals surface area contributed by atoms with Crippen LogP contribution in [0.3, 0.4) is 0 Å². The number of nitrogens with one attached hydrogen (secondary N) is 2. The number of carbonyl (C=O) groups excluding carboxylic acids is 2. The first kappa shape index (κ1) is 21.6. The van der Waals surface area contributed by atoms with Gasteiger partial charge in [-0.15, -0.1) is 0 Å². The van der Waals surface area contributed by atoms with Crippen molar-refractivity contribution in [2.45, 2.75) is 13.0 Å². The number of hydrogen-bond donors (Lipinski definition) is 2. The van der Waals surface area contributed by atoms with E-state index in [4.69, 9.17) is 9.47 Å². The van der Waals surface area contributed by atoms with E-state index in [2.05, 4.69) is 5.32 Å². The van der Waals surface area contributed by atoms with Gasteiger partial charge in [0.05, 0.1) is 46.4 Å². The maximum Gasteiger partial charge on any atom is 0.275 e. The Morgan fingerprint density at radius 1 is 1.07 bits per heavy atom. The summed E-state index contributed by atoms with van der Waals surface area (Å²) in [7, 11) is 3.22. The van der Waals surface area contributed by atoms with Crippen LogP contribution in [0.4, 0.5) is 0 Å². The average molecular weight is 413 g/mol. The minimum Gasteiger partial charge on any atom is -0.497 e. The zero-order valence-corrected chi connectivity index (χ0v) is 17.8. The Morgan fingerprint density at radius 3 is 2.40 bits per heavy atom. The number of carbonyl (C=O) groups is 2. The number of rotatable bonds is 7. The van der Waals surface area contributed by atoms with E-state index in [1.54, 1.807) is 14.2 Å². The molecule has 1 heterocycles. The number of amides is 2. The molecule has 0 aliphatic carbocycles. The third kappa shape index (κ3) is 5.30. The van der Waals surface area contributed by atoms with Crippen LogP contribution in [0.25, 0.3) is 0 Å². The zero-order valence-electron chi connectivity index (χ0n) is 17.8. The quantitative estimate of drug-likeness (QED) is 0.710. The molecule has 2 amide bonds. The number of piperazine rings is 1. The molecule has 1 fully saturated rings. The van der Waals surface area contributed by atoms with Crippen LogP contribution in [0.2, 0.25) is 0 Å². The molecule has 1 atom stereocenters. The van der Waals surface area contributed by atoms with E-state index in [0.717, 1.165) is 24.4 Å². The van der Waals surface area contributed by atoms with Crippen molar-refractivity contribution in [1.29, 1.82) is 0 Å². The molecule has 0 spiro atoms. The Morgan fingerprint density at radius 2 is 1.77 bits per heavy atom. The maximum atomic E-state index is 12.6. The maximum absolute atomic E-state index is 12.6. The van der Waals surface area contributed by atoms with E-state index in [1.807, 2.05) is 60.4 Å². The fraction of sp³-hybridized carbons (Fsp3) is 0.391. The largest absolute Gasteiger partial charge is 0.497 e. The van der Waals surface area contributed by atoms with Gasteiger partial charge in [0.25, 0.3) is 11.8 Å². The number of quaternary nitrogens is 1. The monoisotopic (exact) mass is 412 g/mol. The van der Waals surface area contributed by atoms with Crippen molar-refractivity contribution in [3.8, 4) is 11.5 Å². The van der Waals surface area contributed by atoms with Gasteiger partial charge in [0.1, 0.15) is 11.5 Å². The minimum absolute atomic E-state index is 0.0230. The van der Waals surface area contributed by atoms with Gasteiger partial charge in [0.2, 0.25) is 0 Å². The third-order valence-electron chi connectivity index (χ3n) is 5.47. The molecule has 0 aromatic heterocycles. The summed E-state index contributed by atoms with van der Waals surface area (Å²) >= 11 is 0. The molecule has 160 valence electrons. The third-order valence-corrected chi connectivity index (χ3v) is 5.47. The summed E-state index contributed by atoms with van der Waals surface area (Å²) < 4.78 is 10.7. The Bertz CT molecular complexity index is 864. The van der Waals surface area contributed by atoms with E-state index in [0.29, 0.717) is 30.9 Å². The molecular formula is C23H30N3O4+. The lowest BCUT2D eigenvalue weighted by Crippen LogP contribution is -3.15. The van der Waals surface area contributed by atoms with Crippen LogP contribution < -0.4 is 19.7 Å². The van der Waals surface area contributed by atoms with Crippen molar-refractivity contribution < 1.29 is 24.0 Å². The van der Waals surface area contributed by atoms with Crippen LogP contribution in [0, 0.1) is 0 Å². The number of nitrogens with zero attached hydrogens (tertiary/aromatic N) is 1. The molecule has 30 heavy (non-hydrogen) atoms. The lowest BCUT2D eigenvalue weighted by molar-refractivity contribution is -0.896. The van der Waals surface area contributed by atoms with E-state index < -0.39 is 0 Å². The molecule has 2 aromatic carbocycles. The second-order valence-corrected chi connectivity index (χ2v) is 7.48. The second kappa shape index (κ2) is 10.1. The van der Waals surface area contributed by atoms with E-state index in [-0.39, 0.29) is 17.9 Å². The number of methoxy groups -OCH3 is 2. The van der Waals surface area contributed by atoms with Crippen LogP contribution in [-0.2, 0) is 4.79 Å². The summed E-state index contributed by atoms with van der Waals surface area (Å²) in [6.45, 7) is 5.11. The number of hydrogen-bond acceptors (Lipinski definition) is 4. The zero-order chi connectivity index (χ0) is 21.5. The van der Waals surface area contributed by atoms with Crippen molar-refractivity contribution in [2.24, 2.45) is 0 Å². The highest BCUT2D eigenvalue weighted by Gasteiger charge is 2.26. The molecule has 7 nitrogen and oxygen atoms in total. The summed E-state index contributed by atoms with van der Waals surface area (Å²) in [5, 5.41) is 3.05. The van der Waals surface area contributed by atoms with Gasteiger partial charge in [0.15, 0.2) is 6.54 Å². The fourth-order valence-corrected chi connectivity index (χ4v) is 3.74. The predicted molar refractivity (Wildman–Crippen MR) is 114 cm³/mol. The molecule has 0 bridgehead atoms. The van der Waals surface area contributed by atoms with E-state index in [9.17, 15) is 9.59 Å². The SMILES string of the molecule is COc1ccc(OC)c([C@@H](C)NC(=O)C[NH+]2CCN(C(=O)c3ccccc3)CC2)c1. The highest BCUT2D eigenvalue weighted by Crippen LogP contribution is 2.29. The minimum atomic E-state index is -0.206. The van der Waals surface area contributed by atoms with Crippen molar-refractivity contribution >= 4 is 11.8 Å². The lowest BCUT2D eigenvalue weighted by Gasteiger charge is -2.32. The molecule has 2 aromatic rings. The lowest BCUT2D eigenvalue weighted by atomic mass is 10.1. The van der Waals surface area contributed by atoms with Gasteiger partial charge in [-0.3, -0.25) is 9.59 Å². The molecule has 2 N–H and O–H groups in total. The summed E-state index contributed by atoms with van der Waals surface area (Å²) in [5.41, 5.74) is 1.58. The number of benzene rings is 2. The van der Waals surface area contributed by atoms with E-state index in [1.165, 1.54) is 4.90 Å². The highest BCUT2D eigenvalue weighted by molar-refractivity contribution is 5.94. The van der Waals surface area contributed by atoms with Crippen molar-refractivity contribution in [1.82, 2.24) is 10.2 Å². The van der Waals surface area contributed by atoms with Gasteiger partial charge in [-0.1, -0.05) is 18.2 Å². The van der Waals surface area contributed by atoms with Crippen LogP contribution in [0.1, 0.15) is 28.9 Å². The summed E-state index contributed by atoms with van der Waals surface area (Å²) in [6.07, 6.45) is 0. The van der Waals surface area contributed by atoms with Gasteiger partial charge >= 0.3 is 0 Å². The van der Waals surface area contributed by atoms with Crippen LogP contribution in [-0.4, -0.2) is 63.7 Å². The first-order valence-corrected chi connectivity index (χ1v) is 10.2. The van der Waals surface area contributed by atoms with Crippen LogP contribution in [0.15, 0.2) is 48.5 Å². The van der Waals surface area contributed by atoms with Crippen LogP contribution >= 0.6 is 0 Å². The normalized spacial score (nSPS) is 15.4. The summed E-state index contributed by atoms with van der Waals surface area (Å²) in [4.78, 5) is 28.2. The highest BCUT2D eigenvalue weighted by atomic mass is 16.5. The summed E-state index contributed by atoms with van der Waals surface area (Å²) in [5.74, 6) is 1.46. The second-order valence-electron chi connectivity index (χ2n) is 7.48. The van der Waals surface area contributed by atoms with Gasteiger partial charge in [0, 0.05) is 11.1 Å². The van der Waals surface area contributed by atoms with Crippen molar-refractivity contribution in [3.05, 3.63) is 59.7 Å². The molecular weight excluding hydrogens is 382 g/mol. The van der Waals surface area contributed by atoms with Crippen molar-refractivity contribution in [2.75, 3.05) is 46.9 Å². The molecule has 1 saturated heterocycles. The first-order chi connectivity index (χ1) is 14.5. The molecule has 0 radical (unpaired) electrons. The van der Waals surface area contributed by atoms with Crippen LogP contribution in [0.5, 0.6) is 11.5 Å². The van der Waals surface area contributed by atoms with Crippen molar-refractivity contribution in [3.63, 3.8) is 0 Å². The molecule has 0 unspecified atom stereocenters. The number of ether oxygens (including phenoxy) is 2. The Kier molecular flexibility index (Phi) is 7.30. The molecule has 1 aliphatic rings. The molecule has 1 aliphatic heterocycles. The molecule has 7 heteroatoms. The average Bonchev–Trinajstić information content (AvgIpc) is 2.79. The standard InChI is InChI=1S/C23H29N3O4/c1-17(20-15-19(29-2)9-10-21(20)30-3)24-22(27)16-25-11-13-26(14-12-25)23(28)18-7-5-4-6-8-18/h4-10,15,17H,11-14,16H2,1-3H3,(H,24,27)/p+1/t17-/m1/s1. The van der Waals surface area contributed by atoms with E-state index >= 15 is 0 Å². The topological polar surface area (TPSA) is 72.3 Å². The Labute approximate surface area is 177 Å². The predicted octanol–water partition coefficient (Wildman–Crippen LogP) is 0.922. The van der Waals surface area contributed by atoms with Gasteiger partial charge in [-0.25, -0.2) is 0 Å². The molecule has 0 saturated carbocycles.